The fourth-order valence-electron chi connectivity index (χ4n) is 1.27. The van der Waals surface area contributed by atoms with E-state index < -0.39 is 0 Å². The summed E-state index contributed by atoms with van der Waals surface area (Å²) in [5.74, 6) is 0.795. The molecule has 1 atom stereocenters. The first-order valence-corrected chi connectivity index (χ1v) is 4.75. The number of ether oxygens (including phenoxy) is 1. The van der Waals surface area contributed by atoms with Crippen LogP contribution in [0.3, 0.4) is 0 Å². The molecule has 1 aromatic carbocycles. The third-order valence-corrected chi connectivity index (χ3v) is 1.94. The topological polar surface area (TPSA) is 35.2 Å². The third kappa shape index (κ3) is 2.98. The lowest BCUT2D eigenvalue weighted by Gasteiger charge is -2.14. The van der Waals surface area contributed by atoms with E-state index >= 15 is 0 Å². The number of nitrogen functional groups attached to an aromatic ring is 1. The lowest BCUT2D eigenvalue weighted by Crippen LogP contribution is -2.11. The Morgan fingerprint density at radius 1 is 1.38 bits per heavy atom. The number of benzene rings is 1. The number of para-hydroxylation sites is 2. The number of nitrogens with two attached hydrogens (primary N) is 1. The molecule has 0 unspecified atom stereocenters. The molecule has 1 rings (SSSR count). The van der Waals surface area contributed by atoms with Crippen molar-refractivity contribution in [1.29, 1.82) is 0 Å². The van der Waals surface area contributed by atoms with Gasteiger partial charge in [0.15, 0.2) is 0 Å². The van der Waals surface area contributed by atoms with Gasteiger partial charge in [-0.1, -0.05) is 25.5 Å². The minimum absolute atomic E-state index is 0.245. The zero-order valence-corrected chi connectivity index (χ0v) is 8.29. The van der Waals surface area contributed by atoms with E-state index in [1.165, 1.54) is 0 Å². The highest BCUT2D eigenvalue weighted by Gasteiger charge is 2.04. The average molecular weight is 179 g/mol. The van der Waals surface area contributed by atoms with E-state index in [9.17, 15) is 0 Å². The highest BCUT2D eigenvalue weighted by atomic mass is 16.5. The largest absolute Gasteiger partial charge is 0.489 e. The Bertz CT molecular complexity index is 260. The normalized spacial score (nSPS) is 12.5. The van der Waals surface area contributed by atoms with E-state index in [1.54, 1.807) is 0 Å². The molecule has 13 heavy (non-hydrogen) atoms. The van der Waals surface area contributed by atoms with Crippen LogP contribution in [0, 0.1) is 0 Å². The van der Waals surface area contributed by atoms with Crippen LogP contribution < -0.4 is 10.5 Å². The number of hydrogen-bond acceptors (Lipinski definition) is 2. The summed E-state index contributed by atoms with van der Waals surface area (Å²) in [6, 6.07) is 7.60. The van der Waals surface area contributed by atoms with Gasteiger partial charge in [0, 0.05) is 0 Å². The van der Waals surface area contributed by atoms with Crippen molar-refractivity contribution in [1.82, 2.24) is 0 Å². The summed E-state index contributed by atoms with van der Waals surface area (Å²) in [5, 5.41) is 0. The van der Waals surface area contributed by atoms with Crippen LogP contribution in [0.2, 0.25) is 0 Å². The zero-order valence-electron chi connectivity index (χ0n) is 8.29. The first-order valence-electron chi connectivity index (χ1n) is 4.75. The first-order chi connectivity index (χ1) is 6.24. The van der Waals surface area contributed by atoms with Crippen molar-refractivity contribution in [2.75, 3.05) is 5.73 Å². The van der Waals surface area contributed by atoms with Crippen LogP contribution in [0.4, 0.5) is 5.69 Å². The Balaban J connectivity index is 2.58. The zero-order chi connectivity index (χ0) is 9.68. The molecule has 0 amide bonds. The van der Waals surface area contributed by atoms with Crippen molar-refractivity contribution in [3.8, 4) is 5.75 Å². The summed E-state index contributed by atoms with van der Waals surface area (Å²) in [4.78, 5) is 0. The van der Waals surface area contributed by atoms with Gasteiger partial charge in [0.1, 0.15) is 5.75 Å². The molecule has 0 aromatic heterocycles. The Labute approximate surface area is 79.7 Å². The molecule has 0 radical (unpaired) electrons. The predicted octanol–water partition coefficient (Wildman–Crippen LogP) is 2.84. The fourth-order valence-corrected chi connectivity index (χ4v) is 1.27. The molecule has 0 saturated carbocycles. The Morgan fingerprint density at radius 3 is 2.69 bits per heavy atom. The molecule has 0 fully saturated rings. The van der Waals surface area contributed by atoms with Gasteiger partial charge in [0.05, 0.1) is 11.8 Å². The molecular weight excluding hydrogens is 162 g/mol. The van der Waals surface area contributed by atoms with Gasteiger partial charge in [-0.2, -0.15) is 0 Å². The monoisotopic (exact) mass is 179 g/mol. The standard InChI is InChI=1S/C11H17NO/c1-3-6-9(2)13-11-8-5-4-7-10(11)12/h4-5,7-9H,3,6,12H2,1-2H3/t9-/m0/s1. The molecule has 0 aliphatic carbocycles. The van der Waals surface area contributed by atoms with Crippen LogP contribution >= 0.6 is 0 Å². The SMILES string of the molecule is CCC[C@H](C)Oc1ccccc1N. The summed E-state index contributed by atoms with van der Waals surface area (Å²) < 4.78 is 5.66. The van der Waals surface area contributed by atoms with Gasteiger partial charge in [-0.25, -0.2) is 0 Å². The lowest BCUT2D eigenvalue weighted by atomic mass is 10.2. The minimum atomic E-state index is 0.245. The van der Waals surface area contributed by atoms with E-state index in [0.717, 1.165) is 18.6 Å². The van der Waals surface area contributed by atoms with Crippen LogP contribution in [-0.4, -0.2) is 6.10 Å². The van der Waals surface area contributed by atoms with E-state index in [0.29, 0.717) is 5.69 Å². The number of rotatable bonds is 4. The maximum absolute atomic E-state index is 5.74. The van der Waals surface area contributed by atoms with Crippen molar-refractivity contribution in [2.24, 2.45) is 0 Å². The van der Waals surface area contributed by atoms with Gasteiger partial charge < -0.3 is 10.5 Å². The molecule has 0 aliphatic rings. The fraction of sp³-hybridized carbons (Fsp3) is 0.455. The molecule has 2 nitrogen and oxygen atoms in total. The highest BCUT2D eigenvalue weighted by Crippen LogP contribution is 2.21. The summed E-state index contributed by atoms with van der Waals surface area (Å²) in [6.45, 7) is 4.21. The van der Waals surface area contributed by atoms with Crippen LogP contribution in [0.5, 0.6) is 5.75 Å². The lowest BCUT2D eigenvalue weighted by molar-refractivity contribution is 0.211. The molecule has 0 saturated heterocycles. The maximum atomic E-state index is 5.74. The van der Waals surface area contributed by atoms with Gasteiger partial charge in [0.2, 0.25) is 0 Å². The summed E-state index contributed by atoms with van der Waals surface area (Å²) in [5.41, 5.74) is 6.45. The second-order valence-corrected chi connectivity index (χ2v) is 3.25. The molecule has 0 aliphatic heterocycles. The molecule has 0 heterocycles. The molecule has 72 valence electrons. The molecule has 0 spiro atoms. The number of anilines is 1. The van der Waals surface area contributed by atoms with Gasteiger partial charge in [-0.3, -0.25) is 0 Å². The van der Waals surface area contributed by atoms with E-state index in [2.05, 4.69) is 13.8 Å². The summed E-state index contributed by atoms with van der Waals surface area (Å²) >= 11 is 0. The molecular formula is C11H17NO. The predicted molar refractivity (Wildman–Crippen MR) is 55.9 cm³/mol. The molecule has 1 aromatic rings. The smallest absolute Gasteiger partial charge is 0.142 e. The van der Waals surface area contributed by atoms with Gasteiger partial charge in [-0.05, 0) is 25.5 Å². The number of hydrogen-bond donors (Lipinski definition) is 1. The van der Waals surface area contributed by atoms with E-state index in [1.807, 2.05) is 24.3 Å². The highest BCUT2D eigenvalue weighted by molar-refractivity contribution is 5.51. The maximum Gasteiger partial charge on any atom is 0.142 e. The van der Waals surface area contributed by atoms with Crippen molar-refractivity contribution in [3.05, 3.63) is 24.3 Å². The summed E-state index contributed by atoms with van der Waals surface area (Å²) in [7, 11) is 0. The van der Waals surface area contributed by atoms with E-state index in [-0.39, 0.29) is 6.10 Å². The van der Waals surface area contributed by atoms with Crippen LogP contribution in [0.15, 0.2) is 24.3 Å². The molecule has 2 heteroatoms. The van der Waals surface area contributed by atoms with Crippen molar-refractivity contribution in [2.45, 2.75) is 32.8 Å². The first kappa shape index (κ1) is 9.90. The van der Waals surface area contributed by atoms with Crippen molar-refractivity contribution < 1.29 is 4.74 Å². The molecule has 2 N–H and O–H groups in total. The summed E-state index contributed by atoms with van der Waals surface area (Å²) in [6.07, 6.45) is 2.44. The Morgan fingerprint density at radius 2 is 2.08 bits per heavy atom. The quantitative estimate of drug-likeness (QED) is 0.721. The second kappa shape index (κ2) is 4.75. The molecule has 0 bridgehead atoms. The average Bonchev–Trinajstić information content (AvgIpc) is 2.09. The van der Waals surface area contributed by atoms with Crippen LogP contribution in [0.25, 0.3) is 0 Å². The van der Waals surface area contributed by atoms with Crippen molar-refractivity contribution >= 4 is 5.69 Å². The van der Waals surface area contributed by atoms with Gasteiger partial charge in [0.25, 0.3) is 0 Å². The van der Waals surface area contributed by atoms with Crippen molar-refractivity contribution in [3.63, 3.8) is 0 Å². The van der Waals surface area contributed by atoms with Gasteiger partial charge >= 0.3 is 0 Å². The second-order valence-electron chi connectivity index (χ2n) is 3.25. The Kier molecular flexibility index (Phi) is 3.62. The van der Waals surface area contributed by atoms with Gasteiger partial charge in [-0.15, -0.1) is 0 Å². The third-order valence-electron chi connectivity index (χ3n) is 1.94. The van der Waals surface area contributed by atoms with E-state index in [4.69, 9.17) is 10.5 Å². The van der Waals surface area contributed by atoms with Crippen LogP contribution in [0.1, 0.15) is 26.7 Å². The Hall–Kier alpha value is -1.18. The van der Waals surface area contributed by atoms with Crippen LogP contribution in [-0.2, 0) is 0 Å². The minimum Gasteiger partial charge on any atom is -0.489 e.